The third kappa shape index (κ3) is 3.77. The number of amides is 3. The molecule has 3 amide bonds. The van der Waals surface area contributed by atoms with Crippen LogP contribution in [0.15, 0.2) is 60.8 Å². The van der Waals surface area contributed by atoms with E-state index in [4.69, 9.17) is 11.6 Å². The van der Waals surface area contributed by atoms with Crippen molar-refractivity contribution >= 4 is 56.0 Å². The summed E-state index contributed by atoms with van der Waals surface area (Å²) in [6, 6.07) is 15.6. The molecule has 0 saturated heterocycles. The van der Waals surface area contributed by atoms with Crippen LogP contribution in [0.25, 0.3) is 10.2 Å². The van der Waals surface area contributed by atoms with E-state index in [1.54, 1.807) is 48.7 Å². The third-order valence-corrected chi connectivity index (χ3v) is 6.97. The maximum Gasteiger partial charge on any atom is 0.262 e. The van der Waals surface area contributed by atoms with Crippen LogP contribution in [0.2, 0.25) is 5.02 Å². The Balaban J connectivity index is 1.51. The van der Waals surface area contributed by atoms with Crippen molar-refractivity contribution in [2.75, 3.05) is 11.4 Å². The van der Waals surface area contributed by atoms with Gasteiger partial charge in [-0.05, 0) is 42.8 Å². The lowest BCUT2D eigenvalue weighted by Gasteiger charge is -2.22. The number of imide groups is 1. The van der Waals surface area contributed by atoms with Crippen LogP contribution in [0, 0.1) is 6.92 Å². The van der Waals surface area contributed by atoms with Crippen LogP contribution in [-0.4, -0.2) is 39.1 Å². The molecule has 0 unspecified atom stereocenters. The zero-order chi connectivity index (χ0) is 23.1. The number of fused-ring (bicyclic) bond motifs is 2. The van der Waals surface area contributed by atoms with Crippen LogP contribution < -0.4 is 4.90 Å². The molecule has 1 aliphatic rings. The molecule has 5 rings (SSSR count). The van der Waals surface area contributed by atoms with Gasteiger partial charge in [-0.1, -0.05) is 47.2 Å². The van der Waals surface area contributed by atoms with Crippen molar-refractivity contribution in [1.29, 1.82) is 0 Å². The number of carbonyl (C=O) groups is 3. The lowest BCUT2D eigenvalue weighted by atomic mass is 10.1. The molecule has 2 aromatic heterocycles. The van der Waals surface area contributed by atoms with Crippen molar-refractivity contribution in [2.45, 2.75) is 13.5 Å². The average Bonchev–Trinajstić information content (AvgIpc) is 3.38. The highest BCUT2D eigenvalue weighted by molar-refractivity contribution is 7.23. The molecule has 7 nitrogen and oxygen atoms in total. The fraction of sp³-hybridized carbons (Fsp3) is 0.125. The van der Waals surface area contributed by atoms with Crippen molar-refractivity contribution in [3.8, 4) is 0 Å². The quantitative estimate of drug-likeness (QED) is 0.396. The molecule has 0 fully saturated rings. The molecule has 164 valence electrons. The number of thiazole rings is 1. The van der Waals surface area contributed by atoms with Crippen molar-refractivity contribution in [3.63, 3.8) is 0 Å². The van der Waals surface area contributed by atoms with Crippen LogP contribution in [0.4, 0.5) is 5.13 Å². The number of benzene rings is 2. The van der Waals surface area contributed by atoms with Gasteiger partial charge in [-0.2, -0.15) is 0 Å². The van der Waals surface area contributed by atoms with E-state index >= 15 is 0 Å². The summed E-state index contributed by atoms with van der Waals surface area (Å²) in [6.07, 6.45) is 1.64. The molecular formula is C24H17ClN4O3S. The predicted molar refractivity (Wildman–Crippen MR) is 127 cm³/mol. The first-order valence-electron chi connectivity index (χ1n) is 10.1. The van der Waals surface area contributed by atoms with Gasteiger partial charge in [-0.3, -0.25) is 29.2 Å². The van der Waals surface area contributed by atoms with Crippen molar-refractivity contribution in [2.24, 2.45) is 0 Å². The number of pyridine rings is 1. The largest absolute Gasteiger partial charge is 0.280 e. The van der Waals surface area contributed by atoms with Crippen LogP contribution in [-0.2, 0) is 11.3 Å². The molecule has 0 radical (unpaired) electrons. The molecule has 2 aromatic carbocycles. The van der Waals surface area contributed by atoms with Crippen molar-refractivity contribution in [3.05, 3.63) is 88.2 Å². The van der Waals surface area contributed by atoms with Gasteiger partial charge in [0.1, 0.15) is 6.54 Å². The summed E-state index contributed by atoms with van der Waals surface area (Å²) in [7, 11) is 0. The lowest BCUT2D eigenvalue weighted by molar-refractivity contribution is -0.119. The molecule has 9 heteroatoms. The number of halogens is 1. The number of aryl methyl sites for hydroxylation is 1. The van der Waals surface area contributed by atoms with Gasteiger partial charge in [-0.25, -0.2) is 4.98 Å². The smallest absolute Gasteiger partial charge is 0.262 e. The van der Waals surface area contributed by atoms with Gasteiger partial charge in [0, 0.05) is 6.20 Å². The van der Waals surface area contributed by atoms with Gasteiger partial charge >= 0.3 is 0 Å². The van der Waals surface area contributed by atoms with Crippen molar-refractivity contribution < 1.29 is 14.4 Å². The Morgan fingerprint density at radius 2 is 1.73 bits per heavy atom. The zero-order valence-corrected chi connectivity index (χ0v) is 19.1. The minimum atomic E-state index is -0.482. The van der Waals surface area contributed by atoms with E-state index < -0.39 is 24.3 Å². The summed E-state index contributed by atoms with van der Waals surface area (Å²) < 4.78 is 0.770. The van der Waals surface area contributed by atoms with Gasteiger partial charge in [0.25, 0.3) is 11.8 Å². The molecular weight excluding hydrogens is 460 g/mol. The summed E-state index contributed by atoms with van der Waals surface area (Å²) in [6.45, 7) is 1.66. The highest BCUT2D eigenvalue weighted by Crippen LogP contribution is 2.36. The van der Waals surface area contributed by atoms with Gasteiger partial charge in [0.2, 0.25) is 5.91 Å². The molecule has 0 aliphatic carbocycles. The summed E-state index contributed by atoms with van der Waals surface area (Å²) in [5.41, 5.74) is 2.89. The zero-order valence-electron chi connectivity index (χ0n) is 17.5. The van der Waals surface area contributed by atoms with E-state index in [9.17, 15) is 14.4 Å². The second kappa shape index (κ2) is 8.38. The second-order valence-electron chi connectivity index (χ2n) is 7.58. The number of aromatic nitrogens is 2. The highest BCUT2D eigenvalue weighted by Gasteiger charge is 2.37. The number of hydrogen-bond donors (Lipinski definition) is 0. The molecule has 0 saturated carbocycles. The third-order valence-electron chi connectivity index (χ3n) is 5.44. The summed E-state index contributed by atoms with van der Waals surface area (Å²) in [5, 5.41) is 0.971. The summed E-state index contributed by atoms with van der Waals surface area (Å²) in [4.78, 5) is 50.5. The Bertz CT molecular complexity index is 1350. The Morgan fingerprint density at radius 3 is 2.36 bits per heavy atom. The van der Waals surface area contributed by atoms with Crippen LogP contribution in [0.5, 0.6) is 0 Å². The summed E-state index contributed by atoms with van der Waals surface area (Å²) in [5.74, 6) is -1.40. The van der Waals surface area contributed by atoms with E-state index in [0.717, 1.165) is 15.2 Å². The van der Waals surface area contributed by atoms with E-state index in [-0.39, 0.29) is 6.54 Å². The van der Waals surface area contributed by atoms with Gasteiger partial charge in [-0.15, -0.1) is 0 Å². The molecule has 0 spiro atoms. The van der Waals surface area contributed by atoms with Gasteiger partial charge < -0.3 is 0 Å². The van der Waals surface area contributed by atoms with Gasteiger partial charge in [0.15, 0.2) is 5.13 Å². The Hall–Kier alpha value is -3.62. The highest BCUT2D eigenvalue weighted by atomic mass is 35.5. The Kier molecular flexibility index (Phi) is 5.39. The SMILES string of the molecule is Cc1ccc(Cl)c2sc(N(Cc3ccccn3)C(=O)CN3C(=O)c4ccccc4C3=O)nc12. The van der Waals surface area contributed by atoms with Gasteiger partial charge in [0.05, 0.1) is 38.6 Å². The van der Waals surface area contributed by atoms with Crippen LogP contribution in [0.3, 0.4) is 0 Å². The normalized spacial score (nSPS) is 13.0. The number of anilines is 1. The van der Waals surface area contributed by atoms with Crippen LogP contribution >= 0.6 is 22.9 Å². The fourth-order valence-electron chi connectivity index (χ4n) is 3.73. The first kappa shape index (κ1) is 21.2. The molecule has 3 heterocycles. The number of hydrogen-bond acceptors (Lipinski definition) is 6. The molecule has 0 N–H and O–H groups in total. The maximum absolute atomic E-state index is 13.5. The first-order valence-corrected chi connectivity index (χ1v) is 11.3. The lowest BCUT2D eigenvalue weighted by Crippen LogP contribution is -2.42. The second-order valence-corrected chi connectivity index (χ2v) is 8.97. The number of rotatable bonds is 5. The average molecular weight is 477 g/mol. The van der Waals surface area contributed by atoms with Crippen LogP contribution in [0.1, 0.15) is 32.0 Å². The standard InChI is InChI=1S/C24H17ClN4O3S/c1-14-9-10-18(25)21-20(14)27-24(33-21)28(12-15-6-4-5-11-26-15)19(30)13-29-22(31)16-7-2-3-8-17(16)23(29)32/h2-11H,12-13H2,1H3. The number of carbonyl (C=O) groups excluding carboxylic acids is 3. The molecule has 4 aromatic rings. The maximum atomic E-state index is 13.5. The van der Waals surface area contributed by atoms with E-state index in [2.05, 4.69) is 9.97 Å². The number of nitrogens with zero attached hydrogens (tertiary/aromatic N) is 4. The topological polar surface area (TPSA) is 83.5 Å². The van der Waals surface area contributed by atoms with E-state index in [1.165, 1.54) is 16.2 Å². The van der Waals surface area contributed by atoms with E-state index in [0.29, 0.717) is 32.5 Å². The monoisotopic (exact) mass is 476 g/mol. The minimum Gasteiger partial charge on any atom is -0.280 e. The Morgan fingerprint density at radius 1 is 1.03 bits per heavy atom. The fourth-order valence-corrected chi connectivity index (χ4v) is 5.06. The molecule has 33 heavy (non-hydrogen) atoms. The molecule has 1 aliphatic heterocycles. The Labute approximate surface area is 198 Å². The summed E-state index contributed by atoms with van der Waals surface area (Å²) >= 11 is 7.66. The first-order chi connectivity index (χ1) is 15.9. The van der Waals surface area contributed by atoms with E-state index in [1.807, 2.05) is 19.1 Å². The van der Waals surface area contributed by atoms with Crippen molar-refractivity contribution in [1.82, 2.24) is 14.9 Å². The molecule has 0 bridgehead atoms. The molecule has 0 atom stereocenters. The predicted octanol–water partition coefficient (Wildman–Crippen LogP) is 4.48. The minimum absolute atomic E-state index is 0.138.